The molecule has 0 saturated heterocycles. The average Bonchev–Trinajstić information content (AvgIpc) is 3.13. The average molecular weight is 332 g/mol. The first-order chi connectivity index (χ1) is 11.0. The Morgan fingerprint density at radius 1 is 1.30 bits per heavy atom. The van der Waals surface area contributed by atoms with E-state index in [1.165, 1.54) is 0 Å². The van der Waals surface area contributed by atoms with Gasteiger partial charge in [0.1, 0.15) is 0 Å². The van der Waals surface area contributed by atoms with E-state index in [1.54, 1.807) is 21.8 Å². The lowest BCUT2D eigenvalue weighted by Crippen LogP contribution is -2.14. The van der Waals surface area contributed by atoms with Crippen molar-refractivity contribution < 1.29 is 4.79 Å². The molecule has 3 rings (SSSR count). The second-order valence-electron chi connectivity index (χ2n) is 5.64. The van der Waals surface area contributed by atoms with E-state index in [9.17, 15) is 4.79 Å². The van der Waals surface area contributed by atoms with Crippen LogP contribution in [0, 0.1) is 0 Å². The predicted molar refractivity (Wildman–Crippen MR) is 90.6 cm³/mol. The van der Waals surface area contributed by atoms with Crippen LogP contribution in [0.25, 0.3) is 10.9 Å². The van der Waals surface area contributed by atoms with Crippen LogP contribution in [0.5, 0.6) is 0 Å². The van der Waals surface area contributed by atoms with Crippen molar-refractivity contribution in [3.8, 4) is 0 Å². The second kappa shape index (κ2) is 6.42. The van der Waals surface area contributed by atoms with E-state index in [1.807, 2.05) is 38.2 Å². The van der Waals surface area contributed by atoms with Gasteiger partial charge in [0.05, 0.1) is 35.2 Å². The van der Waals surface area contributed by atoms with Gasteiger partial charge in [-0.15, -0.1) is 0 Å². The van der Waals surface area contributed by atoms with Gasteiger partial charge < -0.3 is 5.32 Å². The van der Waals surface area contributed by atoms with Gasteiger partial charge >= 0.3 is 0 Å². The molecule has 0 aliphatic rings. The number of carbonyl (C=O) groups is 1. The summed E-state index contributed by atoms with van der Waals surface area (Å²) in [4.78, 5) is 12.1. The Morgan fingerprint density at radius 2 is 2.13 bits per heavy atom. The molecule has 0 atom stereocenters. The minimum absolute atomic E-state index is 0.0704. The van der Waals surface area contributed by atoms with E-state index in [0.29, 0.717) is 23.7 Å². The first-order valence-corrected chi connectivity index (χ1v) is 7.86. The highest BCUT2D eigenvalue weighted by Crippen LogP contribution is 2.22. The van der Waals surface area contributed by atoms with Crippen molar-refractivity contribution in [2.45, 2.75) is 32.9 Å². The van der Waals surface area contributed by atoms with E-state index >= 15 is 0 Å². The molecule has 1 N–H and O–H groups in total. The zero-order chi connectivity index (χ0) is 16.4. The summed E-state index contributed by atoms with van der Waals surface area (Å²) in [7, 11) is 0. The number of halogens is 1. The third-order valence-electron chi connectivity index (χ3n) is 3.60. The van der Waals surface area contributed by atoms with Crippen molar-refractivity contribution >= 4 is 34.1 Å². The molecule has 0 radical (unpaired) electrons. The van der Waals surface area contributed by atoms with E-state index in [0.717, 1.165) is 10.9 Å². The van der Waals surface area contributed by atoms with Crippen molar-refractivity contribution in [2.75, 3.05) is 5.32 Å². The van der Waals surface area contributed by atoms with Crippen molar-refractivity contribution in [1.29, 1.82) is 0 Å². The fourth-order valence-corrected chi connectivity index (χ4v) is 2.58. The molecule has 120 valence electrons. The maximum absolute atomic E-state index is 12.1. The molecule has 0 spiro atoms. The molecule has 0 saturated carbocycles. The lowest BCUT2D eigenvalue weighted by atomic mass is 10.2. The van der Waals surface area contributed by atoms with E-state index in [-0.39, 0.29) is 11.9 Å². The molecule has 7 heteroatoms. The third kappa shape index (κ3) is 3.37. The summed E-state index contributed by atoms with van der Waals surface area (Å²) in [5, 5.41) is 12.9. The van der Waals surface area contributed by atoms with Crippen LogP contribution in [0.15, 0.2) is 36.8 Å². The number of amides is 1. The molecule has 23 heavy (non-hydrogen) atoms. The summed E-state index contributed by atoms with van der Waals surface area (Å²) in [5.41, 5.74) is 1.63. The topological polar surface area (TPSA) is 64.7 Å². The van der Waals surface area contributed by atoms with Gasteiger partial charge in [0, 0.05) is 24.0 Å². The van der Waals surface area contributed by atoms with E-state index in [2.05, 4.69) is 15.5 Å². The van der Waals surface area contributed by atoms with E-state index < -0.39 is 0 Å². The molecule has 2 aromatic heterocycles. The number of benzene rings is 1. The summed E-state index contributed by atoms with van der Waals surface area (Å²) < 4.78 is 3.59. The molecule has 0 fully saturated rings. The summed E-state index contributed by atoms with van der Waals surface area (Å²) in [6.07, 6.45) is 5.53. The Hall–Kier alpha value is -2.34. The minimum Gasteiger partial charge on any atom is -0.323 e. The standard InChI is InChI=1S/C16H18ClN5O/c1-11(2)22-10-12(8-18-22)20-16(23)6-7-21-15-5-3-4-14(17)13(15)9-19-21/h3-5,8-11H,6-7H2,1-2H3,(H,20,23). The van der Waals surface area contributed by atoms with Gasteiger partial charge in [-0.05, 0) is 26.0 Å². The van der Waals surface area contributed by atoms with Crippen molar-refractivity contribution in [3.63, 3.8) is 0 Å². The third-order valence-corrected chi connectivity index (χ3v) is 3.93. The zero-order valence-corrected chi connectivity index (χ0v) is 13.8. The number of hydrogen-bond donors (Lipinski definition) is 1. The first-order valence-electron chi connectivity index (χ1n) is 7.48. The SMILES string of the molecule is CC(C)n1cc(NC(=O)CCn2ncc3c(Cl)cccc32)cn1. The second-order valence-corrected chi connectivity index (χ2v) is 6.05. The van der Waals surface area contributed by atoms with Crippen LogP contribution in [0.2, 0.25) is 5.02 Å². The molecule has 3 aromatic rings. The molecule has 0 aliphatic carbocycles. The monoisotopic (exact) mass is 331 g/mol. The Kier molecular flexibility index (Phi) is 4.34. The largest absolute Gasteiger partial charge is 0.323 e. The summed E-state index contributed by atoms with van der Waals surface area (Å²) in [5.74, 6) is -0.0704. The van der Waals surface area contributed by atoms with Gasteiger partial charge in [-0.25, -0.2) is 0 Å². The summed E-state index contributed by atoms with van der Waals surface area (Å²) in [6, 6.07) is 5.91. The number of hydrogen-bond acceptors (Lipinski definition) is 3. The molecule has 0 unspecified atom stereocenters. The van der Waals surface area contributed by atoms with Gasteiger partial charge in [0.2, 0.25) is 5.91 Å². The van der Waals surface area contributed by atoms with Gasteiger partial charge in [-0.2, -0.15) is 10.2 Å². The van der Waals surface area contributed by atoms with Gasteiger partial charge in [-0.3, -0.25) is 14.2 Å². The molecule has 0 aliphatic heterocycles. The number of rotatable bonds is 5. The maximum Gasteiger partial charge on any atom is 0.226 e. The number of nitrogens with zero attached hydrogens (tertiary/aromatic N) is 4. The Balaban J connectivity index is 1.63. The fourth-order valence-electron chi connectivity index (χ4n) is 2.36. The Labute approximate surface area is 139 Å². The van der Waals surface area contributed by atoms with Crippen LogP contribution in [0.3, 0.4) is 0 Å². The lowest BCUT2D eigenvalue weighted by molar-refractivity contribution is -0.116. The summed E-state index contributed by atoms with van der Waals surface area (Å²) in [6.45, 7) is 4.56. The van der Waals surface area contributed by atoms with Gasteiger partial charge in [-0.1, -0.05) is 17.7 Å². The van der Waals surface area contributed by atoms with Crippen LogP contribution in [0.1, 0.15) is 26.3 Å². The van der Waals surface area contributed by atoms with E-state index in [4.69, 9.17) is 11.6 Å². The maximum atomic E-state index is 12.1. The number of aryl methyl sites for hydroxylation is 1. The van der Waals surface area contributed by atoms with Crippen LogP contribution < -0.4 is 5.32 Å². The Morgan fingerprint density at radius 3 is 2.87 bits per heavy atom. The molecule has 0 bridgehead atoms. The first kappa shape index (κ1) is 15.6. The van der Waals surface area contributed by atoms with Crippen molar-refractivity contribution in [1.82, 2.24) is 19.6 Å². The molecule has 1 amide bonds. The van der Waals surface area contributed by atoms with Crippen LogP contribution in [-0.2, 0) is 11.3 Å². The highest BCUT2D eigenvalue weighted by molar-refractivity contribution is 6.35. The van der Waals surface area contributed by atoms with Crippen LogP contribution >= 0.6 is 11.6 Å². The van der Waals surface area contributed by atoms with Gasteiger partial charge in [0.25, 0.3) is 0 Å². The van der Waals surface area contributed by atoms with Crippen molar-refractivity contribution in [3.05, 3.63) is 41.8 Å². The number of anilines is 1. The van der Waals surface area contributed by atoms with Crippen LogP contribution in [0.4, 0.5) is 5.69 Å². The van der Waals surface area contributed by atoms with Gasteiger partial charge in [0.15, 0.2) is 0 Å². The fraction of sp³-hybridized carbons (Fsp3) is 0.312. The normalized spacial score (nSPS) is 11.3. The smallest absolute Gasteiger partial charge is 0.226 e. The van der Waals surface area contributed by atoms with Crippen molar-refractivity contribution in [2.24, 2.45) is 0 Å². The number of carbonyl (C=O) groups excluding carboxylic acids is 1. The highest BCUT2D eigenvalue weighted by atomic mass is 35.5. The lowest BCUT2D eigenvalue weighted by Gasteiger charge is -2.05. The highest BCUT2D eigenvalue weighted by Gasteiger charge is 2.09. The zero-order valence-electron chi connectivity index (χ0n) is 13.0. The number of aromatic nitrogens is 4. The molecule has 1 aromatic carbocycles. The molecule has 2 heterocycles. The number of fused-ring (bicyclic) bond motifs is 1. The molecular weight excluding hydrogens is 314 g/mol. The quantitative estimate of drug-likeness (QED) is 0.778. The number of nitrogens with one attached hydrogen (secondary N) is 1. The predicted octanol–water partition coefficient (Wildman–Crippen LogP) is 3.50. The molecule has 6 nitrogen and oxygen atoms in total. The molecular formula is C16H18ClN5O. The Bertz CT molecular complexity index is 836. The summed E-state index contributed by atoms with van der Waals surface area (Å²) >= 11 is 6.13. The van der Waals surface area contributed by atoms with Crippen LogP contribution in [-0.4, -0.2) is 25.5 Å². The minimum atomic E-state index is -0.0704.